The third-order valence-electron chi connectivity index (χ3n) is 5.32. The third kappa shape index (κ3) is 4.94. The van der Waals surface area contributed by atoms with Gasteiger partial charge in [0.15, 0.2) is 0 Å². The minimum Gasteiger partial charge on any atom is -0.450 e. The maximum absolute atomic E-state index is 14.4. The van der Waals surface area contributed by atoms with E-state index in [4.69, 9.17) is 14.4 Å². The molecule has 0 radical (unpaired) electrons. The van der Waals surface area contributed by atoms with Crippen molar-refractivity contribution in [2.24, 2.45) is 5.92 Å². The smallest absolute Gasteiger partial charge is 0.450 e. The number of nitrogens with zero attached hydrogens (tertiary/aromatic N) is 4. The standard InChI is InChI=1S/C23H25FN4O4/c1-13(2)8-15-4-5-16(9-20(15)24)22-26-21(27-32-22)19-7-6-17(25-14(19)3)10-28-11-18(12-28)31-23(29)30/h4-7,9,13,18H,8,10-12H2,1-3H3,(H,29,30). The molecule has 0 spiro atoms. The molecule has 1 saturated heterocycles. The van der Waals surface area contributed by atoms with Gasteiger partial charge in [0.1, 0.15) is 11.9 Å². The first-order valence-electron chi connectivity index (χ1n) is 10.5. The number of carboxylic acid groups (broad SMARTS) is 1. The van der Waals surface area contributed by atoms with E-state index in [0.29, 0.717) is 48.9 Å². The van der Waals surface area contributed by atoms with E-state index < -0.39 is 6.16 Å². The molecule has 32 heavy (non-hydrogen) atoms. The third-order valence-corrected chi connectivity index (χ3v) is 5.32. The second-order valence-corrected chi connectivity index (χ2v) is 8.46. The molecule has 1 aliphatic rings. The minimum absolute atomic E-state index is 0.253. The van der Waals surface area contributed by atoms with Crippen molar-refractivity contribution < 1.29 is 23.6 Å². The van der Waals surface area contributed by atoms with E-state index in [-0.39, 0.29) is 17.8 Å². The number of carbonyl (C=O) groups is 1. The average molecular weight is 440 g/mol. The molecular weight excluding hydrogens is 415 g/mol. The zero-order chi connectivity index (χ0) is 22.8. The second-order valence-electron chi connectivity index (χ2n) is 8.46. The Kier molecular flexibility index (Phi) is 6.18. The summed E-state index contributed by atoms with van der Waals surface area (Å²) in [5.74, 6) is 0.732. The van der Waals surface area contributed by atoms with Gasteiger partial charge < -0.3 is 14.4 Å². The molecule has 1 N–H and O–H groups in total. The van der Waals surface area contributed by atoms with Gasteiger partial charge in [0.2, 0.25) is 5.82 Å². The number of aromatic nitrogens is 3. The van der Waals surface area contributed by atoms with Crippen LogP contribution in [0.5, 0.6) is 0 Å². The van der Waals surface area contributed by atoms with Crippen LogP contribution in [0.2, 0.25) is 0 Å². The Balaban J connectivity index is 1.44. The van der Waals surface area contributed by atoms with Crippen LogP contribution in [0.4, 0.5) is 9.18 Å². The van der Waals surface area contributed by atoms with Crippen LogP contribution in [0, 0.1) is 18.7 Å². The van der Waals surface area contributed by atoms with E-state index in [2.05, 4.69) is 20.0 Å². The molecule has 3 aromatic rings. The van der Waals surface area contributed by atoms with Crippen molar-refractivity contribution in [1.82, 2.24) is 20.0 Å². The number of hydrogen-bond acceptors (Lipinski definition) is 7. The summed E-state index contributed by atoms with van der Waals surface area (Å²) in [6, 6.07) is 8.74. The molecule has 0 amide bonds. The Morgan fingerprint density at radius 1 is 1.28 bits per heavy atom. The first-order chi connectivity index (χ1) is 15.3. The van der Waals surface area contributed by atoms with Gasteiger partial charge in [-0.2, -0.15) is 4.98 Å². The summed E-state index contributed by atoms with van der Waals surface area (Å²) in [7, 11) is 0. The highest BCUT2D eigenvalue weighted by molar-refractivity contribution is 5.62. The SMILES string of the molecule is Cc1nc(CN2CC(OC(=O)O)C2)ccc1-c1noc(-c2ccc(CC(C)C)c(F)c2)n1. The zero-order valence-corrected chi connectivity index (χ0v) is 18.2. The quantitative estimate of drug-likeness (QED) is 0.542. The Hall–Kier alpha value is -3.33. The molecule has 8 nitrogen and oxygen atoms in total. The Morgan fingerprint density at radius 2 is 2.06 bits per heavy atom. The van der Waals surface area contributed by atoms with Crippen molar-refractivity contribution >= 4 is 6.16 Å². The van der Waals surface area contributed by atoms with Crippen molar-refractivity contribution in [3.05, 3.63) is 53.1 Å². The second kappa shape index (κ2) is 9.04. The molecule has 168 valence electrons. The molecule has 4 rings (SSSR count). The molecule has 1 fully saturated rings. The molecule has 1 aromatic carbocycles. The topological polar surface area (TPSA) is 102 Å². The number of likely N-dealkylation sites (tertiary alicyclic amines) is 1. The van der Waals surface area contributed by atoms with Gasteiger partial charge in [-0.05, 0) is 49.1 Å². The highest BCUT2D eigenvalue weighted by Crippen LogP contribution is 2.26. The van der Waals surface area contributed by atoms with Gasteiger partial charge >= 0.3 is 6.16 Å². The van der Waals surface area contributed by atoms with Crippen LogP contribution in [0.25, 0.3) is 22.8 Å². The van der Waals surface area contributed by atoms with E-state index in [1.165, 1.54) is 6.07 Å². The van der Waals surface area contributed by atoms with E-state index in [0.717, 1.165) is 17.0 Å². The molecule has 0 bridgehead atoms. The first kappa shape index (κ1) is 21.9. The van der Waals surface area contributed by atoms with E-state index in [1.54, 1.807) is 12.1 Å². The minimum atomic E-state index is -1.25. The summed E-state index contributed by atoms with van der Waals surface area (Å²) in [5, 5.41) is 12.7. The lowest BCUT2D eigenvalue weighted by molar-refractivity contribution is -0.0367. The molecule has 2 aromatic heterocycles. The number of ether oxygens (including phenoxy) is 1. The predicted molar refractivity (Wildman–Crippen MR) is 114 cm³/mol. The van der Waals surface area contributed by atoms with Crippen LogP contribution < -0.4 is 0 Å². The first-order valence-corrected chi connectivity index (χ1v) is 10.5. The molecule has 1 aliphatic heterocycles. The fraction of sp³-hybridized carbons (Fsp3) is 0.391. The van der Waals surface area contributed by atoms with Crippen molar-refractivity contribution in [2.75, 3.05) is 13.1 Å². The Bertz CT molecular complexity index is 1120. The summed E-state index contributed by atoms with van der Waals surface area (Å²) < 4.78 is 24.5. The van der Waals surface area contributed by atoms with Crippen LogP contribution in [0.1, 0.15) is 30.8 Å². The maximum Gasteiger partial charge on any atom is 0.506 e. The molecule has 0 saturated carbocycles. The normalized spacial score (nSPS) is 14.5. The lowest BCUT2D eigenvalue weighted by Crippen LogP contribution is -2.52. The van der Waals surface area contributed by atoms with Crippen LogP contribution >= 0.6 is 0 Å². The van der Waals surface area contributed by atoms with E-state index in [9.17, 15) is 9.18 Å². The van der Waals surface area contributed by atoms with Gasteiger partial charge in [-0.15, -0.1) is 0 Å². The molecule has 0 unspecified atom stereocenters. The average Bonchev–Trinajstić information content (AvgIpc) is 3.17. The summed E-state index contributed by atoms with van der Waals surface area (Å²) in [6.07, 6.45) is -0.861. The number of pyridine rings is 1. The highest BCUT2D eigenvalue weighted by Gasteiger charge is 2.30. The van der Waals surface area contributed by atoms with Gasteiger partial charge in [-0.3, -0.25) is 9.88 Å². The van der Waals surface area contributed by atoms with Gasteiger partial charge in [-0.25, -0.2) is 9.18 Å². The highest BCUT2D eigenvalue weighted by atomic mass is 19.1. The Morgan fingerprint density at radius 3 is 2.72 bits per heavy atom. The molecule has 3 heterocycles. The lowest BCUT2D eigenvalue weighted by Gasteiger charge is -2.37. The van der Waals surface area contributed by atoms with Crippen molar-refractivity contribution in [3.63, 3.8) is 0 Å². The van der Waals surface area contributed by atoms with Crippen LogP contribution in [0.3, 0.4) is 0 Å². The van der Waals surface area contributed by atoms with Crippen molar-refractivity contribution in [2.45, 2.75) is 39.8 Å². The zero-order valence-electron chi connectivity index (χ0n) is 18.2. The van der Waals surface area contributed by atoms with Gasteiger partial charge in [0, 0.05) is 36.5 Å². The van der Waals surface area contributed by atoms with E-state index in [1.807, 2.05) is 32.9 Å². The Labute approximate surface area is 185 Å². The molecular formula is C23H25FN4O4. The largest absolute Gasteiger partial charge is 0.506 e. The van der Waals surface area contributed by atoms with Gasteiger partial charge in [0.05, 0.1) is 5.69 Å². The van der Waals surface area contributed by atoms with Crippen LogP contribution in [-0.2, 0) is 17.7 Å². The summed E-state index contributed by atoms with van der Waals surface area (Å²) in [4.78, 5) is 21.7. The van der Waals surface area contributed by atoms with Crippen LogP contribution in [0.15, 0.2) is 34.9 Å². The molecule has 0 aliphatic carbocycles. The maximum atomic E-state index is 14.4. The summed E-state index contributed by atoms with van der Waals surface area (Å²) >= 11 is 0. The molecule has 9 heteroatoms. The predicted octanol–water partition coefficient (Wildman–Crippen LogP) is 4.32. The number of aryl methyl sites for hydroxylation is 1. The van der Waals surface area contributed by atoms with E-state index >= 15 is 0 Å². The lowest BCUT2D eigenvalue weighted by atomic mass is 10.0. The number of benzene rings is 1. The summed E-state index contributed by atoms with van der Waals surface area (Å²) in [6.45, 7) is 7.66. The van der Waals surface area contributed by atoms with Gasteiger partial charge in [-0.1, -0.05) is 25.1 Å². The fourth-order valence-electron chi connectivity index (χ4n) is 3.77. The van der Waals surface area contributed by atoms with Crippen molar-refractivity contribution in [1.29, 1.82) is 0 Å². The van der Waals surface area contributed by atoms with Crippen molar-refractivity contribution in [3.8, 4) is 22.8 Å². The van der Waals surface area contributed by atoms with Crippen LogP contribution in [-0.4, -0.2) is 50.5 Å². The van der Waals surface area contributed by atoms with Gasteiger partial charge in [0.25, 0.3) is 5.89 Å². The number of rotatable bonds is 7. The number of halogens is 1. The number of hydrogen-bond donors (Lipinski definition) is 1. The summed E-state index contributed by atoms with van der Waals surface area (Å²) in [5.41, 5.74) is 3.53. The monoisotopic (exact) mass is 440 g/mol. The molecule has 0 atom stereocenters. The fourth-order valence-corrected chi connectivity index (χ4v) is 3.77.